The van der Waals surface area contributed by atoms with Crippen LogP contribution in [0.25, 0.3) is 0 Å². The van der Waals surface area contributed by atoms with Gasteiger partial charge in [0, 0.05) is 17.9 Å². The highest BCUT2D eigenvalue weighted by Gasteiger charge is 2.31. The van der Waals surface area contributed by atoms with Gasteiger partial charge in [0.05, 0.1) is 6.10 Å². The Kier molecular flexibility index (Phi) is 3.95. The minimum atomic E-state index is -1.97. The van der Waals surface area contributed by atoms with Crippen LogP contribution < -0.4 is 0 Å². The van der Waals surface area contributed by atoms with Gasteiger partial charge in [0.25, 0.3) is 0 Å². The predicted octanol–water partition coefficient (Wildman–Crippen LogP) is 1.04. The van der Waals surface area contributed by atoms with Crippen LogP contribution in [0.1, 0.15) is 16.8 Å². The molecule has 1 aromatic carbocycles. The molecule has 3 N–H and O–H groups in total. The van der Waals surface area contributed by atoms with Crippen LogP contribution in [0.2, 0.25) is 0 Å². The van der Waals surface area contributed by atoms with Crippen LogP contribution in [-0.2, 0) is 0 Å². The fourth-order valence-electron chi connectivity index (χ4n) is 1.99. The first-order valence-corrected chi connectivity index (χ1v) is 6.08. The topological polar surface area (TPSA) is 77.8 Å². The summed E-state index contributed by atoms with van der Waals surface area (Å²) in [5.41, 5.74) is 0.576. The SMILES string of the molecule is O=C(C=CC1C=CC(O)(O)CC1O)c1ccccc1. The van der Waals surface area contributed by atoms with Crippen molar-refractivity contribution < 1.29 is 20.1 Å². The Morgan fingerprint density at radius 3 is 2.58 bits per heavy atom. The predicted molar refractivity (Wildman–Crippen MR) is 70.3 cm³/mol. The van der Waals surface area contributed by atoms with E-state index < -0.39 is 11.9 Å². The molecular weight excluding hydrogens is 244 g/mol. The summed E-state index contributed by atoms with van der Waals surface area (Å²) in [6, 6.07) is 8.82. The van der Waals surface area contributed by atoms with Gasteiger partial charge in [0.15, 0.2) is 11.6 Å². The Bertz CT molecular complexity index is 502. The molecule has 2 unspecified atom stereocenters. The number of hydrogen-bond acceptors (Lipinski definition) is 4. The Labute approximate surface area is 111 Å². The van der Waals surface area contributed by atoms with Crippen molar-refractivity contribution in [1.82, 2.24) is 0 Å². The number of rotatable bonds is 3. The number of hydrogen-bond donors (Lipinski definition) is 3. The second-order valence-electron chi connectivity index (χ2n) is 4.68. The van der Waals surface area contributed by atoms with E-state index in [9.17, 15) is 20.1 Å². The molecule has 0 spiro atoms. The first kappa shape index (κ1) is 13.7. The molecule has 0 aliphatic heterocycles. The van der Waals surface area contributed by atoms with Gasteiger partial charge in [-0.25, -0.2) is 0 Å². The van der Waals surface area contributed by atoms with Crippen molar-refractivity contribution in [3.63, 3.8) is 0 Å². The average molecular weight is 260 g/mol. The average Bonchev–Trinajstić information content (AvgIpc) is 2.37. The molecule has 4 nitrogen and oxygen atoms in total. The van der Waals surface area contributed by atoms with Gasteiger partial charge in [-0.05, 0) is 12.2 Å². The second kappa shape index (κ2) is 5.48. The molecule has 1 aliphatic rings. The summed E-state index contributed by atoms with van der Waals surface area (Å²) >= 11 is 0. The maximum Gasteiger partial charge on any atom is 0.185 e. The first-order valence-electron chi connectivity index (χ1n) is 6.08. The van der Waals surface area contributed by atoms with E-state index in [-0.39, 0.29) is 18.1 Å². The highest BCUT2D eigenvalue weighted by atomic mass is 16.5. The van der Waals surface area contributed by atoms with Gasteiger partial charge >= 0.3 is 0 Å². The zero-order valence-corrected chi connectivity index (χ0v) is 10.3. The van der Waals surface area contributed by atoms with Gasteiger partial charge in [0.1, 0.15) is 0 Å². The molecule has 19 heavy (non-hydrogen) atoms. The van der Waals surface area contributed by atoms with E-state index >= 15 is 0 Å². The minimum Gasteiger partial charge on any atom is -0.392 e. The van der Waals surface area contributed by atoms with Crippen LogP contribution in [0.15, 0.2) is 54.6 Å². The van der Waals surface area contributed by atoms with Crippen LogP contribution in [0, 0.1) is 5.92 Å². The summed E-state index contributed by atoms with van der Waals surface area (Å²) in [4.78, 5) is 11.8. The minimum absolute atomic E-state index is 0.147. The maximum atomic E-state index is 11.8. The van der Waals surface area contributed by atoms with Crippen molar-refractivity contribution in [3.8, 4) is 0 Å². The van der Waals surface area contributed by atoms with Gasteiger partial charge in [-0.3, -0.25) is 4.79 Å². The number of carbonyl (C=O) groups excluding carboxylic acids is 1. The number of allylic oxidation sites excluding steroid dienone is 1. The molecule has 4 heteroatoms. The number of aliphatic hydroxyl groups is 3. The number of benzene rings is 1. The van der Waals surface area contributed by atoms with Crippen molar-refractivity contribution in [3.05, 3.63) is 60.2 Å². The molecule has 0 bridgehead atoms. The van der Waals surface area contributed by atoms with Crippen LogP contribution in [0.5, 0.6) is 0 Å². The fourth-order valence-corrected chi connectivity index (χ4v) is 1.99. The van der Waals surface area contributed by atoms with Gasteiger partial charge in [-0.2, -0.15) is 0 Å². The molecule has 0 aromatic heterocycles. The van der Waals surface area contributed by atoms with E-state index in [1.54, 1.807) is 30.3 Å². The van der Waals surface area contributed by atoms with Gasteiger partial charge < -0.3 is 15.3 Å². The van der Waals surface area contributed by atoms with Crippen LogP contribution >= 0.6 is 0 Å². The lowest BCUT2D eigenvalue weighted by molar-refractivity contribution is -0.149. The van der Waals surface area contributed by atoms with Gasteiger partial charge in [0.2, 0.25) is 0 Å². The third-order valence-corrected chi connectivity index (χ3v) is 3.07. The molecule has 2 rings (SSSR count). The van der Waals surface area contributed by atoms with E-state index in [1.165, 1.54) is 18.2 Å². The Morgan fingerprint density at radius 1 is 1.26 bits per heavy atom. The zero-order valence-electron chi connectivity index (χ0n) is 10.3. The monoisotopic (exact) mass is 260 g/mol. The van der Waals surface area contributed by atoms with Crippen LogP contribution in [0.4, 0.5) is 0 Å². The molecule has 0 fully saturated rings. The molecule has 0 radical (unpaired) electrons. The number of ketones is 1. The summed E-state index contributed by atoms with van der Waals surface area (Å²) in [6.07, 6.45) is 4.60. The van der Waals surface area contributed by atoms with Crippen molar-refractivity contribution in [2.24, 2.45) is 5.92 Å². The first-order chi connectivity index (χ1) is 8.98. The molecule has 0 amide bonds. The summed E-state index contributed by atoms with van der Waals surface area (Å²) < 4.78 is 0. The fraction of sp³-hybridized carbons (Fsp3) is 0.267. The van der Waals surface area contributed by atoms with E-state index in [2.05, 4.69) is 0 Å². The zero-order chi connectivity index (χ0) is 13.9. The summed E-state index contributed by atoms with van der Waals surface area (Å²) in [6.45, 7) is 0. The number of carbonyl (C=O) groups is 1. The quantitative estimate of drug-likeness (QED) is 0.328. The van der Waals surface area contributed by atoms with Crippen molar-refractivity contribution >= 4 is 5.78 Å². The third-order valence-electron chi connectivity index (χ3n) is 3.07. The molecule has 100 valence electrons. The third kappa shape index (κ3) is 3.61. The smallest absolute Gasteiger partial charge is 0.185 e. The lowest BCUT2D eigenvalue weighted by Gasteiger charge is -2.29. The Morgan fingerprint density at radius 2 is 1.95 bits per heavy atom. The lowest BCUT2D eigenvalue weighted by Crippen LogP contribution is -2.37. The maximum absolute atomic E-state index is 11.8. The summed E-state index contributed by atoms with van der Waals surface area (Å²) in [7, 11) is 0. The second-order valence-corrected chi connectivity index (χ2v) is 4.68. The summed E-state index contributed by atoms with van der Waals surface area (Å²) in [5.74, 6) is -2.50. The van der Waals surface area contributed by atoms with E-state index in [0.717, 1.165) is 0 Å². The van der Waals surface area contributed by atoms with Crippen molar-refractivity contribution in [1.29, 1.82) is 0 Å². The standard InChI is InChI=1S/C15H16O4/c16-13(11-4-2-1-3-5-11)7-6-12-8-9-15(18,19)10-14(12)17/h1-9,12,14,17-19H,10H2. The van der Waals surface area contributed by atoms with Crippen molar-refractivity contribution in [2.45, 2.75) is 18.3 Å². The Balaban J connectivity index is 2.06. The van der Waals surface area contributed by atoms with Crippen molar-refractivity contribution in [2.75, 3.05) is 0 Å². The number of aliphatic hydroxyl groups excluding tert-OH is 1. The molecule has 0 saturated heterocycles. The van der Waals surface area contributed by atoms with E-state index in [4.69, 9.17) is 0 Å². The summed E-state index contributed by atoms with van der Waals surface area (Å²) in [5, 5.41) is 28.4. The highest BCUT2D eigenvalue weighted by molar-refractivity contribution is 6.04. The largest absolute Gasteiger partial charge is 0.392 e. The molecule has 1 aromatic rings. The van der Waals surface area contributed by atoms with Gasteiger partial charge in [-0.15, -0.1) is 0 Å². The molecule has 0 heterocycles. The van der Waals surface area contributed by atoms with Crippen LogP contribution in [-0.4, -0.2) is 33.0 Å². The molecule has 0 saturated carbocycles. The normalized spacial score (nSPS) is 25.6. The Hall–Kier alpha value is -1.75. The van der Waals surface area contributed by atoms with Crippen LogP contribution in [0.3, 0.4) is 0 Å². The molecular formula is C15H16O4. The van der Waals surface area contributed by atoms with E-state index in [0.29, 0.717) is 5.56 Å². The molecule has 1 aliphatic carbocycles. The molecule has 2 atom stereocenters. The van der Waals surface area contributed by atoms with Gasteiger partial charge in [-0.1, -0.05) is 42.5 Å². The lowest BCUT2D eigenvalue weighted by atomic mass is 9.88. The highest BCUT2D eigenvalue weighted by Crippen LogP contribution is 2.25. The van der Waals surface area contributed by atoms with E-state index in [1.807, 2.05) is 6.07 Å².